The summed E-state index contributed by atoms with van der Waals surface area (Å²) < 4.78 is 6.86. The molecular formula is C15H21N5O2. The maximum absolute atomic E-state index is 12.4. The van der Waals surface area contributed by atoms with E-state index in [0.29, 0.717) is 25.4 Å². The zero-order chi connectivity index (χ0) is 15.5. The second-order valence-corrected chi connectivity index (χ2v) is 5.88. The van der Waals surface area contributed by atoms with Crippen molar-refractivity contribution in [3.05, 3.63) is 29.7 Å². The summed E-state index contributed by atoms with van der Waals surface area (Å²) >= 11 is 0. The minimum atomic E-state index is 0.165. The third kappa shape index (κ3) is 3.35. The van der Waals surface area contributed by atoms with Crippen molar-refractivity contribution in [2.75, 3.05) is 13.1 Å². The summed E-state index contributed by atoms with van der Waals surface area (Å²) in [7, 11) is 0. The smallest absolute Gasteiger partial charge is 0.224 e. The highest BCUT2D eigenvalue weighted by Gasteiger charge is 2.27. The van der Waals surface area contributed by atoms with Crippen molar-refractivity contribution < 1.29 is 9.32 Å². The summed E-state index contributed by atoms with van der Waals surface area (Å²) in [4.78, 5) is 18.6. The predicted octanol–water partition coefficient (Wildman–Crippen LogP) is 1.68. The molecule has 1 aliphatic heterocycles. The molecule has 1 saturated heterocycles. The molecule has 0 aromatic carbocycles. The van der Waals surface area contributed by atoms with Gasteiger partial charge in [-0.3, -0.25) is 9.48 Å². The largest absolute Gasteiger partial charge is 0.342 e. The molecule has 0 aliphatic carbocycles. The molecule has 0 radical (unpaired) electrons. The molecular weight excluding hydrogens is 282 g/mol. The first kappa shape index (κ1) is 14.7. The van der Waals surface area contributed by atoms with Crippen LogP contribution in [0.5, 0.6) is 0 Å². The van der Waals surface area contributed by atoms with Crippen molar-refractivity contribution in [3.63, 3.8) is 0 Å². The number of hydrogen-bond acceptors (Lipinski definition) is 5. The van der Waals surface area contributed by atoms with E-state index in [0.717, 1.165) is 30.8 Å². The fourth-order valence-corrected chi connectivity index (χ4v) is 2.85. The number of rotatable bonds is 4. The molecule has 1 unspecified atom stereocenters. The van der Waals surface area contributed by atoms with E-state index in [-0.39, 0.29) is 11.8 Å². The van der Waals surface area contributed by atoms with E-state index < -0.39 is 0 Å². The van der Waals surface area contributed by atoms with Crippen molar-refractivity contribution in [3.8, 4) is 0 Å². The highest BCUT2D eigenvalue weighted by Crippen LogP contribution is 2.25. The lowest BCUT2D eigenvalue weighted by atomic mass is 9.97. The van der Waals surface area contributed by atoms with E-state index in [4.69, 9.17) is 4.52 Å². The topological polar surface area (TPSA) is 77.0 Å². The maximum atomic E-state index is 12.4. The summed E-state index contributed by atoms with van der Waals surface area (Å²) in [6.45, 7) is 5.89. The average molecular weight is 303 g/mol. The molecule has 1 atom stereocenters. The van der Waals surface area contributed by atoms with Crippen molar-refractivity contribution in [2.45, 2.75) is 45.6 Å². The van der Waals surface area contributed by atoms with Crippen LogP contribution in [0.2, 0.25) is 0 Å². The average Bonchev–Trinajstić information content (AvgIpc) is 3.13. The van der Waals surface area contributed by atoms with Crippen LogP contribution in [0.4, 0.5) is 0 Å². The van der Waals surface area contributed by atoms with Gasteiger partial charge in [-0.2, -0.15) is 10.1 Å². The summed E-state index contributed by atoms with van der Waals surface area (Å²) in [5.41, 5.74) is 1.11. The van der Waals surface area contributed by atoms with Gasteiger partial charge in [-0.25, -0.2) is 0 Å². The van der Waals surface area contributed by atoms with Crippen LogP contribution in [-0.2, 0) is 11.3 Å². The van der Waals surface area contributed by atoms with Gasteiger partial charge in [0.1, 0.15) is 0 Å². The molecule has 22 heavy (non-hydrogen) atoms. The van der Waals surface area contributed by atoms with Gasteiger partial charge >= 0.3 is 0 Å². The van der Waals surface area contributed by atoms with Crippen molar-refractivity contribution in [2.24, 2.45) is 0 Å². The first-order valence-corrected chi connectivity index (χ1v) is 7.69. The van der Waals surface area contributed by atoms with Crippen LogP contribution in [0.1, 0.15) is 42.5 Å². The van der Waals surface area contributed by atoms with Gasteiger partial charge in [-0.05, 0) is 25.3 Å². The van der Waals surface area contributed by atoms with E-state index in [1.54, 1.807) is 13.1 Å². The van der Waals surface area contributed by atoms with Crippen LogP contribution in [0.15, 0.2) is 16.9 Å². The highest BCUT2D eigenvalue weighted by atomic mass is 16.5. The Hall–Kier alpha value is -2.18. The van der Waals surface area contributed by atoms with Gasteiger partial charge in [-0.15, -0.1) is 0 Å². The number of amides is 1. The Kier molecular flexibility index (Phi) is 4.22. The lowest BCUT2D eigenvalue weighted by Crippen LogP contribution is -2.39. The molecule has 118 valence electrons. The van der Waals surface area contributed by atoms with Crippen molar-refractivity contribution >= 4 is 5.91 Å². The molecule has 0 N–H and O–H groups in total. The SMILES string of the molecule is Cc1cnn(CCC(=O)N2CCCC(c3noc(C)n3)C2)c1. The fraction of sp³-hybridized carbons (Fsp3) is 0.600. The molecule has 0 saturated carbocycles. The number of aromatic nitrogens is 4. The van der Waals surface area contributed by atoms with Gasteiger partial charge in [0.25, 0.3) is 0 Å². The molecule has 7 nitrogen and oxygen atoms in total. The summed E-state index contributed by atoms with van der Waals surface area (Å²) in [5.74, 6) is 1.64. The minimum Gasteiger partial charge on any atom is -0.342 e. The molecule has 3 heterocycles. The maximum Gasteiger partial charge on any atom is 0.224 e. The Balaban J connectivity index is 1.55. The zero-order valence-corrected chi connectivity index (χ0v) is 13.0. The van der Waals surface area contributed by atoms with E-state index in [9.17, 15) is 4.79 Å². The fourth-order valence-electron chi connectivity index (χ4n) is 2.85. The van der Waals surface area contributed by atoms with Crippen molar-refractivity contribution in [1.82, 2.24) is 24.8 Å². The molecule has 1 amide bonds. The van der Waals surface area contributed by atoms with Crippen LogP contribution >= 0.6 is 0 Å². The third-order valence-corrected chi connectivity index (χ3v) is 4.00. The number of aryl methyl sites for hydroxylation is 3. The Morgan fingerprint density at radius 1 is 1.45 bits per heavy atom. The van der Waals surface area contributed by atoms with Crippen LogP contribution in [-0.4, -0.2) is 43.8 Å². The monoisotopic (exact) mass is 303 g/mol. The Morgan fingerprint density at radius 3 is 3.00 bits per heavy atom. The zero-order valence-electron chi connectivity index (χ0n) is 13.0. The summed E-state index contributed by atoms with van der Waals surface area (Å²) in [5, 5.41) is 8.20. The lowest BCUT2D eigenvalue weighted by Gasteiger charge is -2.31. The molecule has 2 aromatic heterocycles. The Morgan fingerprint density at radius 2 is 2.32 bits per heavy atom. The number of hydrogen-bond donors (Lipinski definition) is 0. The van der Waals surface area contributed by atoms with Crippen LogP contribution in [0.25, 0.3) is 0 Å². The predicted molar refractivity (Wildman–Crippen MR) is 79.2 cm³/mol. The van der Waals surface area contributed by atoms with Gasteiger partial charge in [0.2, 0.25) is 11.8 Å². The number of nitrogens with zero attached hydrogens (tertiary/aromatic N) is 5. The summed E-state index contributed by atoms with van der Waals surface area (Å²) in [6.07, 6.45) is 6.21. The molecule has 0 spiro atoms. The van der Waals surface area contributed by atoms with Crippen LogP contribution in [0, 0.1) is 13.8 Å². The normalized spacial score (nSPS) is 18.6. The molecule has 1 aliphatic rings. The number of likely N-dealkylation sites (tertiary alicyclic amines) is 1. The standard InChI is InChI=1S/C15H21N5O2/c1-11-8-16-20(9-11)7-5-14(21)19-6-3-4-13(10-19)15-17-12(2)22-18-15/h8-9,13H,3-7,10H2,1-2H3. The van der Waals surface area contributed by atoms with Crippen LogP contribution < -0.4 is 0 Å². The minimum absolute atomic E-state index is 0.165. The van der Waals surface area contributed by atoms with Gasteiger partial charge in [-0.1, -0.05) is 5.16 Å². The highest BCUT2D eigenvalue weighted by molar-refractivity contribution is 5.76. The first-order chi connectivity index (χ1) is 10.6. The van der Waals surface area contributed by atoms with Gasteiger partial charge in [0.05, 0.1) is 6.20 Å². The van der Waals surface area contributed by atoms with Gasteiger partial charge in [0.15, 0.2) is 5.82 Å². The van der Waals surface area contributed by atoms with E-state index in [2.05, 4.69) is 15.2 Å². The molecule has 0 bridgehead atoms. The number of piperidine rings is 1. The van der Waals surface area contributed by atoms with Crippen LogP contribution in [0.3, 0.4) is 0 Å². The second kappa shape index (κ2) is 6.29. The first-order valence-electron chi connectivity index (χ1n) is 7.69. The molecule has 2 aromatic rings. The lowest BCUT2D eigenvalue weighted by molar-refractivity contribution is -0.132. The third-order valence-electron chi connectivity index (χ3n) is 4.00. The Bertz CT molecular complexity index is 648. The van der Waals surface area contributed by atoms with Crippen molar-refractivity contribution in [1.29, 1.82) is 0 Å². The number of carbonyl (C=O) groups is 1. The molecule has 1 fully saturated rings. The summed E-state index contributed by atoms with van der Waals surface area (Å²) in [6, 6.07) is 0. The van der Waals surface area contributed by atoms with E-state index in [1.165, 1.54) is 0 Å². The Labute approximate surface area is 129 Å². The van der Waals surface area contributed by atoms with E-state index >= 15 is 0 Å². The van der Waals surface area contributed by atoms with E-state index in [1.807, 2.05) is 22.7 Å². The molecule has 7 heteroatoms. The second-order valence-electron chi connectivity index (χ2n) is 5.88. The number of carbonyl (C=O) groups excluding carboxylic acids is 1. The quantitative estimate of drug-likeness (QED) is 0.859. The van der Waals surface area contributed by atoms with Gasteiger partial charge in [0, 0.05) is 45.1 Å². The molecule has 3 rings (SSSR count). The van der Waals surface area contributed by atoms with Gasteiger partial charge < -0.3 is 9.42 Å².